The van der Waals surface area contributed by atoms with Gasteiger partial charge in [-0.3, -0.25) is 4.79 Å². The van der Waals surface area contributed by atoms with Crippen LogP contribution in [0.3, 0.4) is 0 Å². The molecule has 1 heterocycles. The largest absolute Gasteiger partial charge is 0.487 e. The van der Waals surface area contributed by atoms with Gasteiger partial charge >= 0.3 is 5.97 Å². The quantitative estimate of drug-likeness (QED) is 0.256. The van der Waals surface area contributed by atoms with Crippen LogP contribution in [-0.4, -0.2) is 54.1 Å². The average molecular weight is 576 g/mol. The summed E-state index contributed by atoms with van der Waals surface area (Å²) >= 11 is 4.93. The number of carboxylic acid groups (broad SMARTS) is 1. The summed E-state index contributed by atoms with van der Waals surface area (Å²) in [5.74, 6) is -1.60. The van der Waals surface area contributed by atoms with Crippen LogP contribution in [0.5, 0.6) is 0 Å². The van der Waals surface area contributed by atoms with E-state index in [1.54, 1.807) is 12.2 Å². The number of alkyl halides is 1. The van der Waals surface area contributed by atoms with Crippen LogP contribution in [0.4, 0.5) is 8.78 Å². The Kier molecular flexibility index (Phi) is 10.4. The fourth-order valence-electron chi connectivity index (χ4n) is 5.96. The molecule has 0 spiro atoms. The predicted molar refractivity (Wildman–Crippen MR) is 157 cm³/mol. The van der Waals surface area contributed by atoms with E-state index in [4.69, 9.17) is 22.1 Å². The highest BCUT2D eigenvalue weighted by Crippen LogP contribution is 2.40. The third-order valence-corrected chi connectivity index (χ3v) is 8.66. The van der Waals surface area contributed by atoms with Crippen LogP contribution in [0.1, 0.15) is 53.4 Å². The van der Waals surface area contributed by atoms with Crippen molar-refractivity contribution < 1.29 is 28.2 Å². The Bertz CT molecular complexity index is 1120. The zero-order valence-electron chi connectivity index (χ0n) is 23.9. The molecule has 5 nitrogen and oxygen atoms in total. The lowest BCUT2D eigenvalue weighted by Gasteiger charge is -2.40. The van der Waals surface area contributed by atoms with Crippen molar-refractivity contribution in [2.24, 2.45) is 29.6 Å². The molecule has 220 valence electrons. The van der Waals surface area contributed by atoms with Gasteiger partial charge in [-0.2, -0.15) is 0 Å². The third kappa shape index (κ3) is 7.30. The first kappa shape index (κ1) is 30.6. The molecule has 0 aromatic carbocycles. The molecule has 40 heavy (non-hydrogen) atoms. The van der Waals surface area contributed by atoms with Crippen molar-refractivity contribution in [2.45, 2.75) is 71.7 Å². The van der Waals surface area contributed by atoms with Crippen LogP contribution in [-0.2, 0) is 14.3 Å². The number of hydrogen-bond acceptors (Lipinski definition) is 5. The van der Waals surface area contributed by atoms with Crippen LogP contribution in [0.15, 0.2) is 70.3 Å². The highest BCUT2D eigenvalue weighted by molar-refractivity contribution is 7.84. The van der Waals surface area contributed by atoms with Gasteiger partial charge in [0.1, 0.15) is 24.0 Å². The first-order valence-electron chi connectivity index (χ1n) is 14.5. The van der Waals surface area contributed by atoms with Crippen LogP contribution >= 0.6 is 12.6 Å². The molecule has 1 saturated heterocycles. The van der Waals surface area contributed by atoms with Crippen molar-refractivity contribution >= 4 is 18.6 Å². The number of thiol groups is 1. The number of nitrogens with zero attached hydrogens (tertiary/aromatic N) is 1. The Balaban J connectivity index is 1.74. The van der Waals surface area contributed by atoms with Gasteiger partial charge in [-0.1, -0.05) is 52.0 Å². The summed E-state index contributed by atoms with van der Waals surface area (Å²) in [6, 6.07) is 0.179. The van der Waals surface area contributed by atoms with E-state index in [0.29, 0.717) is 49.4 Å². The number of allylic oxidation sites excluding steroid dienone is 6. The molecule has 0 aromatic heterocycles. The summed E-state index contributed by atoms with van der Waals surface area (Å²) in [4.78, 5) is 14.9. The van der Waals surface area contributed by atoms with Gasteiger partial charge < -0.3 is 19.5 Å². The minimum atomic E-state index is -1.61. The van der Waals surface area contributed by atoms with Gasteiger partial charge in [0.25, 0.3) is 0 Å². The molecule has 3 aliphatic carbocycles. The Morgan fingerprint density at radius 3 is 2.62 bits per heavy atom. The number of halogens is 2. The van der Waals surface area contributed by atoms with Crippen molar-refractivity contribution in [1.29, 1.82) is 0 Å². The van der Waals surface area contributed by atoms with Gasteiger partial charge in [-0.25, -0.2) is 8.78 Å². The van der Waals surface area contributed by atoms with Gasteiger partial charge in [0.05, 0.1) is 12.6 Å². The normalized spacial score (nSPS) is 29.4. The van der Waals surface area contributed by atoms with Gasteiger partial charge in [-0.05, 0) is 60.8 Å². The predicted octanol–water partition coefficient (Wildman–Crippen LogP) is 7.17. The summed E-state index contributed by atoms with van der Waals surface area (Å²) < 4.78 is 41.3. The smallest absolute Gasteiger partial charge is 0.313 e. The monoisotopic (exact) mass is 575 g/mol. The molecule has 0 amide bonds. The molecule has 0 aromatic rings. The second-order valence-electron chi connectivity index (χ2n) is 12.1. The molecule has 1 aliphatic heterocycles. The molecule has 0 bridgehead atoms. The molecule has 5 unspecified atom stereocenters. The number of hydrogen-bond donors (Lipinski definition) is 2. The van der Waals surface area contributed by atoms with E-state index >= 15 is 0 Å². The molecular formula is C32H43F2NO4S. The first-order valence-corrected chi connectivity index (χ1v) is 15.0. The summed E-state index contributed by atoms with van der Waals surface area (Å²) in [6.45, 7) is 11.2. The van der Waals surface area contributed by atoms with E-state index < -0.39 is 35.9 Å². The topological polar surface area (TPSA) is 59.0 Å². The number of carbonyl (C=O) groups is 1. The number of ether oxygens (including phenoxy) is 2. The van der Waals surface area contributed by atoms with Crippen molar-refractivity contribution in [2.75, 3.05) is 19.8 Å². The zero-order chi connectivity index (χ0) is 29.0. The Hall–Kier alpha value is -2.32. The van der Waals surface area contributed by atoms with Crippen LogP contribution in [0.2, 0.25) is 0 Å². The van der Waals surface area contributed by atoms with E-state index in [2.05, 4.69) is 32.6 Å². The molecule has 0 radical (unpaired) electrons. The number of rotatable bonds is 11. The highest BCUT2D eigenvalue weighted by atomic mass is 32.1. The van der Waals surface area contributed by atoms with Crippen LogP contribution < -0.4 is 0 Å². The maximum atomic E-state index is 14.8. The lowest BCUT2D eigenvalue weighted by molar-refractivity contribution is -0.141. The van der Waals surface area contributed by atoms with E-state index in [1.807, 2.05) is 12.2 Å². The Morgan fingerprint density at radius 2 is 2.00 bits per heavy atom. The average Bonchev–Trinajstić information content (AvgIpc) is 3.43. The van der Waals surface area contributed by atoms with Gasteiger partial charge in [0, 0.05) is 36.1 Å². The molecule has 4 aliphatic rings. The van der Waals surface area contributed by atoms with E-state index in [1.165, 1.54) is 18.2 Å². The maximum Gasteiger partial charge on any atom is 0.313 e. The van der Waals surface area contributed by atoms with E-state index in [-0.39, 0.29) is 11.8 Å². The molecule has 0 saturated carbocycles. The van der Waals surface area contributed by atoms with Crippen molar-refractivity contribution in [3.63, 3.8) is 0 Å². The molecule has 8 heteroatoms. The van der Waals surface area contributed by atoms with Crippen LogP contribution in [0.25, 0.3) is 0 Å². The first-order chi connectivity index (χ1) is 19.0. The lowest BCUT2D eigenvalue weighted by atomic mass is 9.82. The Labute approximate surface area is 242 Å². The lowest BCUT2D eigenvalue weighted by Crippen LogP contribution is -2.42. The maximum absolute atomic E-state index is 14.8. The third-order valence-electron chi connectivity index (χ3n) is 8.28. The van der Waals surface area contributed by atoms with Gasteiger partial charge in [-0.15, -0.1) is 12.6 Å². The second-order valence-corrected chi connectivity index (χ2v) is 12.5. The van der Waals surface area contributed by atoms with Crippen molar-refractivity contribution in [3.05, 3.63) is 70.3 Å². The second kappa shape index (κ2) is 13.6. The number of aliphatic carboxylic acids is 1. The fraction of sp³-hybridized carbons (Fsp3) is 0.594. The Morgan fingerprint density at radius 1 is 1.23 bits per heavy atom. The van der Waals surface area contributed by atoms with Crippen molar-refractivity contribution in [3.8, 4) is 0 Å². The summed E-state index contributed by atoms with van der Waals surface area (Å²) in [5, 5.41) is 9.59. The molecule has 1 N–H and O–H groups in total. The molecule has 1 fully saturated rings. The molecular weight excluding hydrogens is 532 g/mol. The van der Waals surface area contributed by atoms with Gasteiger partial charge in [0.2, 0.25) is 0 Å². The van der Waals surface area contributed by atoms with Crippen LogP contribution in [0, 0.1) is 29.6 Å². The van der Waals surface area contributed by atoms with E-state index in [0.717, 1.165) is 30.0 Å². The minimum absolute atomic E-state index is 0.179. The molecule has 4 rings (SSSR count). The zero-order valence-corrected chi connectivity index (χ0v) is 24.8. The van der Waals surface area contributed by atoms with Gasteiger partial charge in [0.15, 0.2) is 5.83 Å². The standard InChI is InChI=1S/C32H43F2NO4S/c1-19(2)13-22(20(3)4)17-35(23-11-12-38-18-23)28-16-30(39-29-8-6-5-7-27(29)34)24(15-31(28)40)21-9-10-26(33)25(14-21)32(36)37/h5,7,9-10,14-16,19-20,22-26,30,40H,6,8,11-13,17-18H2,1-4H3,(H,36,37)/t22-,23?,24?,25?,26?,30?/m1/s1. The minimum Gasteiger partial charge on any atom is -0.487 e. The summed E-state index contributed by atoms with van der Waals surface area (Å²) in [5.41, 5.74) is 1.54. The SMILES string of the molecule is CC(C)C[C@H](CN(C1=CC(OC2=C(F)C=CCC2)C(C2=CC(C(=O)O)C(F)C=C2)C=C1S)C1CCOC1)C(C)C. The van der Waals surface area contributed by atoms with Crippen molar-refractivity contribution in [1.82, 2.24) is 4.90 Å². The summed E-state index contributed by atoms with van der Waals surface area (Å²) in [7, 11) is 0. The highest BCUT2D eigenvalue weighted by Gasteiger charge is 2.37. The summed E-state index contributed by atoms with van der Waals surface area (Å²) in [6.07, 6.45) is 12.4. The molecule has 6 atom stereocenters. The number of carboxylic acids is 1. The van der Waals surface area contributed by atoms with E-state index in [9.17, 15) is 18.7 Å². The fourth-order valence-corrected chi connectivity index (χ4v) is 6.32.